The van der Waals surface area contributed by atoms with Gasteiger partial charge in [-0.1, -0.05) is 15.9 Å². The molecule has 0 radical (unpaired) electrons. The predicted molar refractivity (Wildman–Crippen MR) is 33.8 cm³/mol. The zero-order valence-corrected chi connectivity index (χ0v) is 6.43. The van der Waals surface area contributed by atoms with Crippen LogP contribution in [0, 0.1) is 0 Å². The predicted octanol–water partition coefficient (Wildman–Crippen LogP) is 1.56. The third-order valence-electron chi connectivity index (χ3n) is 0.336. The zero-order valence-electron chi connectivity index (χ0n) is 3.95. The Hall–Kier alpha value is 0.0800. The Labute approximate surface area is 56.4 Å². The quantitative estimate of drug-likeness (QED) is 0.427. The van der Waals surface area contributed by atoms with E-state index in [0.717, 1.165) is 0 Å². The molecule has 0 aromatic carbocycles. The van der Waals surface area contributed by atoms with E-state index in [2.05, 4.69) is 20.5 Å². The van der Waals surface area contributed by atoms with Crippen molar-refractivity contribution in [3.8, 4) is 0 Å². The van der Waals surface area contributed by atoms with Crippen LogP contribution in [0.4, 0.5) is 0 Å². The second kappa shape index (κ2) is 5.22. The van der Waals surface area contributed by atoms with Gasteiger partial charge in [0.2, 0.25) is 0 Å². The van der Waals surface area contributed by atoms with E-state index >= 15 is 0 Å². The van der Waals surface area contributed by atoms with Crippen LogP contribution in [0.5, 0.6) is 0 Å². The molecule has 1 N–H and O–H groups in total. The van der Waals surface area contributed by atoms with Crippen LogP contribution in [0.1, 0.15) is 0 Å². The normalized spacial score (nSPS) is 12.0. The molecule has 0 bridgehead atoms. The average molecular weight is 200 g/mol. The van der Waals surface area contributed by atoms with Crippen molar-refractivity contribution < 1.29 is 14.0 Å². The fourth-order valence-corrected chi connectivity index (χ4v) is 0.474. The number of hydrogen-bond donors (Lipinski definition) is 1. The summed E-state index contributed by atoms with van der Waals surface area (Å²) in [5.74, 6) is 0. The second-order valence-corrected chi connectivity index (χ2v) is 2.20. The topological polar surface area (TPSA) is 46.5 Å². The zero-order chi connectivity index (χ0) is 6.41. The van der Waals surface area contributed by atoms with Gasteiger partial charge in [0, 0.05) is 9.90 Å². The molecule has 0 amide bonds. The Bertz CT molecular complexity index is 103. The number of alkyl halides is 1. The van der Waals surface area contributed by atoms with E-state index in [1.807, 2.05) is 0 Å². The van der Waals surface area contributed by atoms with Gasteiger partial charge in [0.05, 0.1) is 0 Å². The van der Waals surface area contributed by atoms with Crippen molar-refractivity contribution in [3.05, 3.63) is 12.3 Å². The SMILES string of the molecule is O=[P+](O)OC=CCBr. The largest absolute Gasteiger partial charge is 0.746 e. The van der Waals surface area contributed by atoms with Crippen molar-refractivity contribution in [2.75, 3.05) is 5.33 Å². The highest BCUT2D eigenvalue weighted by molar-refractivity contribution is 9.09. The lowest BCUT2D eigenvalue weighted by molar-refractivity contribution is 0.378. The number of halogens is 1. The summed E-state index contributed by atoms with van der Waals surface area (Å²) in [5, 5.41) is 0.621. The fourth-order valence-electron chi connectivity index (χ4n) is 0.131. The van der Waals surface area contributed by atoms with E-state index in [4.69, 9.17) is 4.89 Å². The van der Waals surface area contributed by atoms with E-state index in [9.17, 15) is 4.57 Å². The molecule has 0 fully saturated rings. The van der Waals surface area contributed by atoms with E-state index in [1.54, 1.807) is 6.08 Å². The maximum atomic E-state index is 9.73. The second-order valence-electron chi connectivity index (χ2n) is 0.869. The van der Waals surface area contributed by atoms with Gasteiger partial charge in [-0.05, 0) is 6.08 Å². The van der Waals surface area contributed by atoms with Gasteiger partial charge >= 0.3 is 8.25 Å². The third kappa shape index (κ3) is 6.08. The van der Waals surface area contributed by atoms with Crippen molar-refractivity contribution in [1.29, 1.82) is 0 Å². The molecule has 46 valence electrons. The molecule has 0 spiro atoms. The molecule has 0 saturated carbocycles. The smallest absolute Gasteiger partial charge is 0.238 e. The van der Waals surface area contributed by atoms with Gasteiger partial charge in [-0.2, -0.15) is 0 Å². The Morgan fingerprint density at radius 1 is 1.88 bits per heavy atom. The summed E-state index contributed by atoms with van der Waals surface area (Å²) < 4.78 is 13.9. The van der Waals surface area contributed by atoms with Crippen molar-refractivity contribution in [1.82, 2.24) is 0 Å². The molecule has 5 heteroatoms. The highest BCUT2D eigenvalue weighted by Gasteiger charge is 2.06. The molecular formula is C3H5BrO3P+. The van der Waals surface area contributed by atoms with Crippen LogP contribution >= 0.6 is 24.2 Å². The Kier molecular flexibility index (Phi) is 5.27. The monoisotopic (exact) mass is 199 g/mol. The first-order valence-corrected chi connectivity index (χ1v) is 4.06. The summed E-state index contributed by atoms with van der Waals surface area (Å²) in [6.07, 6.45) is 2.75. The summed E-state index contributed by atoms with van der Waals surface area (Å²) >= 11 is 3.06. The molecule has 0 heterocycles. The van der Waals surface area contributed by atoms with E-state index in [1.165, 1.54) is 6.26 Å². The van der Waals surface area contributed by atoms with Gasteiger partial charge in [-0.3, -0.25) is 0 Å². The van der Waals surface area contributed by atoms with Crippen LogP contribution in [-0.2, 0) is 9.09 Å². The Morgan fingerprint density at radius 3 is 2.88 bits per heavy atom. The lowest BCUT2D eigenvalue weighted by Crippen LogP contribution is -1.63. The van der Waals surface area contributed by atoms with Crippen molar-refractivity contribution >= 4 is 24.2 Å². The van der Waals surface area contributed by atoms with E-state index < -0.39 is 8.25 Å². The van der Waals surface area contributed by atoms with E-state index in [-0.39, 0.29) is 0 Å². The molecule has 0 aromatic heterocycles. The van der Waals surface area contributed by atoms with Gasteiger partial charge in [0.25, 0.3) is 0 Å². The first-order valence-electron chi connectivity index (χ1n) is 1.81. The standard InChI is InChI=1S/C3H4BrO3P/c4-2-1-3-7-8(5)6/h1,3H,2H2/p+1. The average Bonchev–Trinajstić information content (AvgIpc) is 1.66. The molecular weight excluding hydrogens is 195 g/mol. The van der Waals surface area contributed by atoms with Crippen LogP contribution in [0.15, 0.2) is 12.3 Å². The fraction of sp³-hybridized carbons (Fsp3) is 0.333. The van der Waals surface area contributed by atoms with Crippen molar-refractivity contribution in [3.63, 3.8) is 0 Å². The minimum atomic E-state index is -2.47. The van der Waals surface area contributed by atoms with Crippen LogP contribution in [0.2, 0.25) is 0 Å². The lowest BCUT2D eigenvalue weighted by atomic mass is 10.7. The summed E-state index contributed by atoms with van der Waals surface area (Å²) in [6.45, 7) is 0. The molecule has 3 nitrogen and oxygen atoms in total. The van der Waals surface area contributed by atoms with E-state index in [0.29, 0.717) is 5.33 Å². The first kappa shape index (κ1) is 8.08. The number of rotatable bonds is 3. The number of hydrogen-bond acceptors (Lipinski definition) is 2. The Balaban J connectivity index is 3.16. The summed E-state index contributed by atoms with van der Waals surface area (Å²) in [4.78, 5) is 8.00. The number of allylic oxidation sites excluding steroid dienone is 1. The van der Waals surface area contributed by atoms with Gasteiger partial charge in [0.15, 0.2) is 6.26 Å². The maximum Gasteiger partial charge on any atom is 0.746 e. The van der Waals surface area contributed by atoms with Gasteiger partial charge < -0.3 is 0 Å². The molecule has 0 aliphatic rings. The molecule has 0 aromatic rings. The highest BCUT2D eigenvalue weighted by Crippen LogP contribution is 2.13. The van der Waals surface area contributed by atoms with Gasteiger partial charge in [0.1, 0.15) is 0 Å². The minimum Gasteiger partial charge on any atom is -0.238 e. The maximum absolute atomic E-state index is 9.73. The molecule has 1 atom stereocenters. The molecule has 1 unspecified atom stereocenters. The minimum absolute atomic E-state index is 0.621. The molecule has 0 aliphatic heterocycles. The highest BCUT2D eigenvalue weighted by atomic mass is 79.9. The molecule has 0 aliphatic carbocycles. The van der Waals surface area contributed by atoms with Crippen LogP contribution in [0.25, 0.3) is 0 Å². The molecule has 8 heavy (non-hydrogen) atoms. The van der Waals surface area contributed by atoms with Crippen LogP contribution in [0.3, 0.4) is 0 Å². The summed E-state index contributed by atoms with van der Waals surface area (Å²) in [5.41, 5.74) is 0. The third-order valence-corrected chi connectivity index (χ3v) is 1.01. The summed E-state index contributed by atoms with van der Waals surface area (Å²) in [6, 6.07) is 0. The molecule has 0 rings (SSSR count). The Morgan fingerprint density at radius 2 is 2.50 bits per heavy atom. The van der Waals surface area contributed by atoms with Crippen LogP contribution < -0.4 is 0 Å². The summed E-state index contributed by atoms with van der Waals surface area (Å²) in [7, 11) is -2.47. The van der Waals surface area contributed by atoms with Crippen molar-refractivity contribution in [2.45, 2.75) is 0 Å². The van der Waals surface area contributed by atoms with Gasteiger partial charge in [-0.25, -0.2) is 4.52 Å². The lowest BCUT2D eigenvalue weighted by Gasteiger charge is -1.71. The van der Waals surface area contributed by atoms with Crippen LogP contribution in [-0.4, -0.2) is 10.2 Å². The first-order chi connectivity index (χ1) is 3.77. The molecule has 0 saturated heterocycles. The van der Waals surface area contributed by atoms with Crippen molar-refractivity contribution in [2.24, 2.45) is 0 Å². The van der Waals surface area contributed by atoms with Gasteiger partial charge in [-0.15, -0.1) is 4.89 Å².